The molecule has 16 rings (SSSR count). The zero-order chi connectivity index (χ0) is 52.8. The largest absolute Gasteiger partial charge is 4.00 e. The van der Waals surface area contributed by atoms with E-state index >= 15 is 0 Å². The van der Waals surface area contributed by atoms with Crippen LogP contribution in [0.4, 0.5) is 11.4 Å². The number of rotatable bonds is 12. The van der Waals surface area contributed by atoms with Crippen LogP contribution in [-0.4, -0.2) is 12.4 Å². The topological polar surface area (TPSA) is 118 Å². The van der Waals surface area contributed by atoms with Crippen LogP contribution < -0.4 is 19.7 Å². The van der Waals surface area contributed by atoms with Crippen molar-refractivity contribution in [3.05, 3.63) is 215 Å². The smallest absolute Gasteiger partial charge is 2.00 e. The first-order valence-corrected chi connectivity index (χ1v) is 28.7. The molecule has 0 N–H and O–H groups in total. The molecule has 0 heterocycles. The zero-order valence-electron chi connectivity index (χ0n) is 45.8. The number of hydrogen-bond acceptors (Lipinski definition) is 6. The third-order valence-corrected chi connectivity index (χ3v) is 18.5. The minimum Gasteiger partial charge on any atom is -2.00 e. The van der Waals surface area contributed by atoms with Crippen LogP contribution in [0.25, 0.3) is 22.3 Å². The van der Waals surface area contributed by atoms with Crippen molar-refractivity contribution >= 4 is 23.8 Å². The van der Waals surface area contributed by atoms with Crippen molar-refractivity contribution in [1.82, 2.24) is 0 Å². The SMILES string of the molecule is Cc1cc(C=Nc2ccccc2-c2ccccc2Oc2ccccc2)c([O-])c(C23CC4CC(CC(C4)C2)C3)c1.Cc1cc(C=Nc2ccccc2-c2ccccc2Oc2ccccc2)c([O-])c(C23CC4CC(CC(C4)C2)C3)c1.[O-2].[V+4]. The molecule has 401 valence electrons. The van der Waals surface area contributed by atoms with Crippen LogP contribution in [0.15, 0.2) is 192 Å². The molecule has 8 aromatic rings. The molecule has 8 aliphatic carbocycles. The van der Waals surface area contributed by atoms with Crippen LogP contribution in [0.5, 0.6) is 34.5 Å². The van der Waals surface area contributed by atoms with Crippen LogP contribution in [0.3, 0.4) is 0 Å². The maximum absolute atomic E-state index is 14.0. The van der Waals surface area contributed by atoms with Gasteiger partial charge in [-0.25, -0.2) is 0 Å². The summed E-state index contributed by atoms with van der Waals surface area (Å²) in [5, 5.41) is 27.9. The van der Waals surface area contributed by atoms with Gasteiger partial charge in [0.2, 0.25) is 0 Å². The summed E-state index contributed by atoms with van der Waals surface area (Å²) in [7, 11) is 0. The maximum Gasteiger partial charge on any atom is 4.00 e. The molecule has 8 bridgehead atoms. The van der Waals surface area contributed by atoms with Crippen LogP contribution >= 0.6 is 0 Å². The Hall–Kier alpha value is -7.16. The van der Waals surface area contributed by atoms with E-state index in [1.807, 2.05) is 146 Å². The van der Waals surface area contributed by atoms with E-state index in [1.165, 1.54) is 77.0 Å². The Morgan fingerprint density at radius 2 is 0.700 bits per heavy atom. The molecule has 0 saturated heterocycles. The second kappa shape index (κ2) is 23.1. The summed E-state index contributed by atoms with van der Waals surface area (Å²) in [5.74, 6) is 8.31. The first-order chi connectivity index (χ1) is 38.1. The van der Waals surface area contributed by atoms with E-state index in [1.54, 1.807) is 12.4 Å². The fourth-order valence-electron chi connectivity index (χ4n) is 16.2. The van der Waals surface area contributed by atoms with Gasteiger partial charge in [-0.1, -0.05) is 156 Å². The van der Waals surface area contributed by atoms with Crippen molar-refractivity contribution in [2.75, 3.05) is 0 Å². The molecule has 1 radical (unpaired) electrons. The standard InChI is InChI=1S/2C36H35NO2.O.V/c2*1-24-15-28(35(38)32(16-24)36-20-25-17-26(21-36)19-27(18-25)22-36)23-37-33-13-7-5-11-30(33)31-12-6-8-14-34(31)39-29-9-3-2-4-10-29;;/h2*2-16,23,25-27,38H,17-22H2,1H3;;/q;;-2;+4/p-2. The van der Waals surface area contributed by atoms with Gasteiger partial charge in [-0.15, -0.1) is 0 Å². The van der Waals surface area contributed by atoms with Crippen LogP contribution in [-0.2, 0) is 34.9 Å². The van der Waals surface area contributed by atoms with Gasteiger partial charge in [0.1, 0.15) is 23.0 Å². The van der Waals surface area contributed by atoms with Crippen molar-refractivity contribution in [2.45, 2.75) is 102 Å². The molecule has 0 aromatic heterocycles. The molecule has 0 amide bonds. The molecule has 0 atom stereocenters. The Morgan fingerprint density at radius 3 is 1.05 bits per heavy atom. The van der Waals surface area contributed by atoms with E-state index in [9.17, 15) is 10.2 Å². The molecule has 80 heavy (non-hydrogen) atoms. The summed E-state index contributed by atoms with van der Waals surface area (Å²) in [6, 6.07) is 60.3. The first kappa shape index (κ1) is 54.8. The fraction of sp³-hybridized carbons (Fsp3) is 0.306. The molecule has 7 nitrogen and oxygen atoms in total. The van der Waals surface area contributed by atoms with Gasteiger partial charge in [0, 0.05) is 34.7 Å². The predicted octanol–water partition coefficient (Wildman–Crippen LogP) is 17.4. The minimum atomic E-state index is 0. The Labute approximate surface area is 484 Å². The van der Waals surface area contributed by atoms with Crippen molar-refractivity contribution < 1.29 is 43.7 Å². The summed E-state index contributed by atoms with van der Waals surface area (Å²) in [4.78, 5) is 9.82. The summed E-state index contributed by atoms with van der Waals surface area (Å²) >= 11 is 0. The summed E-state index contributed by atoms with van der Waals surface area (Å²) < 4.78 is 12.5. The molecule has 8 heteroatoms. The van der Waals surface area contributed by atoms with Crippen LogP contribution in [0, 0.1) is 49.4 Å². The Bertz CT molecular complexity index is 3250. The number of aliphatic imine (C=N–C) groups is 2. The van der Waals surface area contributed by atoms with Crippen molar-refractivity contribution in [2.24, 2.45) is 45.5 Å². The van der Waals surface area contributed by atoms with Crippen molar-refractivity contribution in [3.8, 4) is 56.8 Å². The zero-order valence-corrected chi connectivity index (χ0v) is 47.2. The molecule has 8 saturated carbocycles. The maximum atomic E-state index is 14.0. The molecular formula is C72H68N2O5V. The van der Waals surface area contributed by atoms with E-state index in [0.717, 1.165) is 114 Å². The first-order valence-electron chi connectivity index (χ1n) is 28.7. The van der Waals surface area contributed by atoms with Crippen molar-refractivity contribution in [1.29, 1.82) is 0 Å². The average Bonchev–Trinajstić information content (AvgIpc) is 3.52. The molecule has 8 aromatic carbocycles. The predicted molar refractivity (Wildman–Crippen MR) is 313 cm³/mol. The van der Waals surface area contributed by atoms with Gasteiger partial charge in [-0.05, 0) is 208 Å². The Kier molecular flexibility index (Phi) is 15.8. The molecule has 8 aliphatic rings. The van der Waals surface area contributed by atoms with E-state index in [-0.39, 0.29) is 46.4 Å². The molecule has 0 spiro atoms. The third-order valence-electron chi connectivity index (χ3n) is 18.5. The summed E-state index contributed by atoms with van der Waals surface area (Å²) in [6.07, 6.45) is 19.0. The van der Waals surface area contributed by atoms with Gasteiger partial charge in [-0.3, -0.25) is 9.98 Å². The molecular weight excluding hydrogens is 1020 g/mol. The van der Waals surface area contributed by atoms with Crippen LogP contribution in [0.1, 0.15) is 110 Å². The number of aryl methyl sites for hydroxylation is 2. The van der Waals surface area contributed by atoms with E-state index < -0.39 is 0 Å². The molecule has 0 unspecified atom stereocenters. The second-order valence-electron chi connectivity index (χ2n) is 24.2. The summed E-state index contributed by atoms with van der Waals surface area (Å²) in [5.41, 5.74) is 11.5. The monoisotopic (exact) mass is 1090 g/mol. The van der Waals surface area contributed by atoms with Gasteiger partial charge in [0.25, 0.3) is 0 Å². The van der Waals surface area contributed by atoms with Crippen LogP contribution in [0.2, 0.25) is 0 Å². The number of nitrogens with zero attached hydrogens (tertiary/aromatic N) is 2. The normalized spacial score (nSPS) is 24.7. The Balaban J connectivity index is 0.000000165. The Morgan fingerprint density at radius 1 is 0.400 bits per heavy atom. The number of hydrogen-bond donors (Lipinski definition) is 0. The van der Waals surface area contributed by atoms with Gasteiger partial charge in [0.15, 0.2) is 0 Å². The van der Waals surface area contributed by atoms with Gasteiger partial charge < -0.3 is 25.2 Å². The summed E-state index contributed by atoms with van der Waals surface area (Å²) in [6.45, 7) is 4.23. The van der Waals surface area contributed by atoms with E-state index in [2.05, 4.69) is 50.2 Å². The number of para-hydroxylation sites is 6. The fourth-order valence-corrected chi connectivity index (χ4v) is 16.2. The minimum absolute atomic E-state index is 0. The number of benzene rings is 8. The quantitative estimate of drug-likeness (QED) is 0.113. The second-order valence-corrected chi connectivity index (χ2v) is 24.2. The van der Waals surface area contributed by atoms with Gasteiger partial charge in [0.05, 0.1) is 11.4 Å². The molecule has 8 fully saturated rings. The van der Waals surface area contributed by atoms with Gasteiger partial charge >= 0.3 is 18.6 Å². The third kappa shape index (κ3) is 11.1. The number of ether oxygens (including phenoxy) is 2. The van der Waals surface area contributed by atoms with E-state index in [4.69, 9.17) is 19.5 Å². The van der Waals surface area contributed by atoms with E-state index in [0.29, 0.717) is 11.1 Å². The van der Waals surface area contributed by atoms with Gasteiger partial charge in [-0.2, -0.15) is 0 Å². The molecule has 0 aliphatic heterocycles. The van der Waals surface area contributed by atoms with Crippen molar-refractivity contribution in [3.63, 3.8) is 0 Å². The average molecular weight is 1090 g/mol.